The van der Waals surface area contributed by atoms with Crippen molar-refractivity contribution in [3.8, 4) is 5.75 Å². The Kier molecular flexibility index (Phi) is 5.57. The highest BCUT2D eigenvalue weighted by Gasteiger charge is 2.14. The summed E-state index contributed by atoms with van der Waals surface area (Å²) in [7, 11) is 4.03. The molecule has 19 heavy (non-hydrogen) atoms. The summed E-state index contributed by atoms with van der Waals surface area (Å²) in [5.41, 5.74) is 7.76. The second kappa shape index (κ2) is 6.94. The van der Waals surface area contributed by atoms with Crippen LogP contribution in [0.5, 0.6) is 5.75 Å². The number of ether oxygens (including phenoxy) is 1. The van der Waals surface area contributed by atoms with E-state index in [0.29, 0.717) is 23.6 Å². The standard InChI is InChI=1S/C13H22N4O2/c1-9-8-11(19-7-5-6-17(3)4)12(10(2)15-9)13(14)16-18/h8,18H,5-7H2,1-4H3,(H2,14,16). The van der Waals surface area contributed by atoms with E-state index in [9.17, 15) is 0 Å². The lowest BCUT2D eigenvalue weighted by molar-refractivity contribution is 0.280. The first-order valence-corrected chi connectivity index (χ1v) is 6.19. The highest BCUT2D eigenvalue weighted by Crippen LogP contribution is 2.22. The van der Waals surface area contributed by atoms with Crippen molar-refractivity contribution in [3.05, 3.63) is 23.0 Å². The molecule has 1 rings (SSSR count). The Labute approximate surface area is 113 Å². The van der Waals surface area contributed by atoms with Crippen LogP contribution in [-0.4, -0.2) is 48.2 Å². The topological polar surface area (TPSA) is 84.0 Å². The number of nitrogens with two attached hydrogens (primary N) is 1. The number of aryl methyl sites for hydroxylation is 2. The summed E-state index contributed by atoms with van der Waals surface area (Å²) in [6.45, 7) is 5.22. The Morgan fingerprint density at radius 1 is 1.47 bits per heavy atom. The van der Waals surface area contributed by atoms with Gasteiger partial charge in [0.1, 0.15) is 5.75 Å². The number of aromatic nitrogens is 1. The molecule has 0 saturated heterocycles. The fourth-order valence-corrected chi connectivity index (χ4v) is 1.83. The molecule has 106 valence electrons. The third kappa shape index (κ3) is 4.40. The van der Waals surface area contributed by atoms with E-state index in [2.05, 4.69) is 15.0 Å². The van der Waals surface area contributed by atoms with Crippen LogP contribution in [0, 0.1) is 13.8 Å². The molecular weight excluding hydrogens is 244 g/mol. The van der Waals surface area contributed by atoms with Gasteiger partial charge in [-0.2, -0.15) is 0 Å². The maximum Gasteiger partial charge on any atom is 0.175 e. The molecule has 0 unspecified atom stereocenters. The lowest BCUT2D eigenvalue weighted by Crippen LogP contribution is -2.19. The van der Waals surface area contributed by atoms with Crippen molar-refractivity contribution >= 4 is 5.84 Å². The van der Waals surface area contributed by atoms with Crippen LogP contribution in [-0.2, 0) is 0 Å². The third-order valence-corrected chi connectivity index (χ3v) is 2.66. The molecule has 0 fully saturated rings. The van der Waals surface area contributed by atoms with E-state index in [0.717, 1.165) is 18.7 Å². The predicted molar refractivity (Wildman–Crippen MR) is 74.9 cm³/mol. The fourth-order valence-electron chi connectivity index (χ4n) is 1.83. The second-order valence-electron chi connectivity index (χ2n) is 4.71. The van der Waals surface area contributed by atoms with Crippen LogP contribution < -0.4 is 10.5 Å². The normalized spacial score (nSPS) is 11.9. The quantitative estimate of drug-likeness (QED) is 0.265. The van der Waals surface area contributed by atoms with E-state index in [1.54, 1.807) is 6.07 Å². The number of amidine groups is 1. The van der Waals surface area contributed by atoms with Gasteiger partial charge < -0.3 is 20.6 Å². The summed E-state index contributed by atoms with van der Waals surface area (Å²) in [5.74, 6) is 0.631. The van der Waals surface area contributed by atoms with Crippen LogP contribution in [0.4, 0.5) is 0 Å². The zero-order chi connectivity index (χ0) is 14.4. The first-order chi connectivity index (χ1) is 8.95. The molecule has 1 aromatic heterocycles. The van der Waals surface area contributed by atoms with Crippen LogP contribution in [0.1, 0.15) is 23.4 Å². The molecule has 1 heterocycles. The van der Waals surface area contributed by atoms with E-state index in [-0.39, 0.29) is 5.84 Å². The molecule has 0 spiro atoms. The lowest BCUT2D eigenvalue weighted by atomic mass is 10.1. The largest absolute Gasteiger partial charge is 0.493 e. The van der Waals surface area contributed by atoms with Crippen molar-refractivity contribution in [3.63, 3.8) is 0 Å². The summed E-state index contributed by atoms with van der Waals surface area (Å²) < 4.78 is 5.73. The first kappa shape index (κ1) is 15.2. The van der Waals surface area contributed by atoms with Gasteiger partial charge in [0, 0.05) is 18.3 Å². The molecule has 0 aliphatic heterocycles. The van der Waals surface area contributed by atoms with Crippen molar-refractivity contribution in [1.82, 2.24) is 9.88 Å². The molecule has 6 heteroatoms. The predicted octanol–water partition coefficient (Wildman–Crippen LogP) is 1.12. The van der Waals surface area contributed by atoms with Gasteiger partial charge in [0.05, 0.1) is 17.9 Å². The smallest absolute Gasteiger partial charge is 0.175 e. The van der Waals surface area contributed by atoms with Crippen molar-refractivity contribution in [2.75, 3.05) is 27.2 Å². The first-order valence-electron chi connectivity index (χ1n) is 6.19. The molecule has 0 aliphatic rings. The Balaban J connectivity index is 2.86. The molecule has 0 saturated carbocycles. The van der Waals surface area contributed by atoms with Gasteiger partial charge >= 0.3 is 0 Å². The molecule has 6 nitrogen and oxygen atoms in total. The summed E-state index contributed by atoms with van der Waals surface area (Å²) in [5, 5.41) is 11.9. The van der Waals surface area contributed by atoms with Crippen molar-refractivity contribution < 1.29 is 9.94 Å². The summed E-state index contributed by atoms with van der Waals surface area (Å²) in [6.07, 6.45) is 0.906. The third-order valence-electron chi connectivity index (χ3n) is 2.66. The second-order valence-corrected chi connectivity index (χ2v) is 4.71. The van der Waals surface area contributed by atoms with E-state index in [1.165, 1.54) is 0 Å². The van der Waals surface area contributed by atoms with E-state index < -0.39 is 0 Å². The Bertz CT molecular complexity index is 458. The van der Waals surface area contributed by atoms with Crippen LogP contribution in [0.3, 0.4) is 0 Å². The zero-order valence-electron chi connectivity index (χ0n) is 12.0. The molecule has 1 aromatic rings. The molecule has 0 amide bonds. The van der Waals surface area contributed by atoms with Crippen molar-refractivity contribution in [1.29, 1.82) is 0 Å². The van der Waals surface area contributed by atoms with Crippen LogP contribution in [0.2, 0.25) is 0 Å². The van der Waals surface area contributed by atoms with E-state index >= 15 is 0 Å². The average molecular weight is 266 g/mol. The minimum atomic E-state index is 0.0209. The zero-order valence-corrected chi connectivity index (χ0v) is 12.0. The van der Waals surface area contributed by atoms with Gasteiger partial charge in [0.15, 0.2) is 5.84 Å². The highest BCUT2D eigenvalue weighted by atomic mass is 16.5. The molecule has 0 radical (unpaired) electrons. The molecule has 0 bridgehead atoms. The Morgan fingerprint density at radius 3 is 2.74 bits per heavy atom. The Hall–Kier alpha value is -1.82. The van der Waals surface area contributed by atoms with E-state index in [1.807, 2.05) is 27.9 Å². The van der Waals surface area contributed by atoms with Gasteiger partial charge in [-0.1, -0.05) is 5.16 Å². The van der Waals surface area contributed by atoms with E-state index in [4.69, 9.17) is 15.7 Å². The fraction of sp³-hybridized carbons (Fsp3) is 0.538. The number of nitrogens with zero attached hydrogens (tertiary/aromatic N) is 3. The molecular formula is C13H22N4O2. The average Bonchev–Trinajstić information content (AvgIpc) is 2.33. The minimum Gasteiger partial charge on any atom is -0.493 e. The van der Waals surface area contributed by atoms with Crippen molar-refractivity contribution in [2.45, 2.75) is 20.3 Å². The molecule has 0 aromatic carbocycles. The SMILES string of the molecule is Cc1cc(OCCCN(C)C)c(/C(N)=N/O)c(C)n1. The maximum absolute atomic E-state index is 8.82. The van der Waals surface area contributed by atoms with Crippen LogP contribution in [0.25, 0.3) is 0 Å². The number of hydrogen-bond donors (Lipinski definition) is 2. The minimum absolute atomic E-state index is 0.0209. The highest BCUT2D eigenvalue weighted by molar-refractivity contribution is 6.00. The molecule has 3 N–H and O–H groups in total. The summed E-state index contributed by atoms with van der Waals surface area (Å²) in [6, 6.07) is 1.80. The van der Waals surface area contributed by atoms with Gasteiger partial charge in [-0.3, -0.25) is 4.98 Å². The van der Waals surface area contributed by atoms with Gasteiger partial charge in [0.2, 0.25) is 0 Å². The van der Waals surface area contributed by atoms with Gasteiger partial charge in [-0.25, -0.2) is 0 Å². The van der Waals surface area contributed by atoms with Gasteiger partial charge in [0.25, 0.3) is 0 Å². The summed E-state index contributed by atoms with van der Waals surface area (Å²) in [4.78, 5) is 6.39. The molecule has 0 atom stereocenters. The summed E-state index contributed by atoms with van der Waals surface area (Å²) >= 11 is 0. The number of rotatable bonds is 6. The monoisotopic (exact) mass is 266 g/mol. The van der Waals surface area contributed by atoms with Crippen LogP contribution in [0.15, 0.2) is 11.2 Å². The van der Waals surface area contributed by atoms with Gasteiger partial charge in [-0.15, -0.1) is 0 Å². The number of oxime groups is 1. The van der Waals surface area contributed by atoms with Gasteiger partial charge in [-0.05, 0) is 34.4 Å². The number of hydrogen-bond acceptors (Lipinski definition) is 5. The number of pyridine rings is 1. The molecule has 0 aliphatic carbocycles. The van der Waals surface area contributed by atoms with Crippen molar-refractivity contribution in [2.24, 2.45) is 10.9 Å². The van der Waals surface area contributed by atoms with Crippen LogP contribution >= 0.6 is 0 Å². The lowest BCUT2D eigenvalue weighted by Gasteiger charge is -2.14. The Morgan fingerprint density at radius 2 is 2.16 bits per heavy atom. The maximum atomic E-state index is 8.82.